The van der Waals surface area contributed by atoms with Crippen molar-refractivity contribution in [2.45, 2.75) is 52.1 Å². The van der Waals surface area contributed by atoms with Gasteiger partial charge in [-0.1, -0.05) is 43.0 Å². The van der Waals surface area contributed by atoms with Crippen LogP contribution in [-0.2, 0) is 27.0 Å². The van der Waals surface area contributed by atoms with E-state index in [0.717, 1.165) is 17.0 Å². The Hall–Kier alpha value is -5.37. The molecule has 4 rings (SSSR count). The highest BCUT2D eigenvalue weighted by Gasteiger charge is 2.43. The molecule has 0 radical (unpaired) electrons. The Kier molecular flexibility index (Phi) is 9.71. The molecule has 0 bridgehead atoms. The summed E-state index contributed by atoms with van der Waals surface area (Å²) in [5, 5.41) is 9.34. The summed E-state index contributed by atoms with van der Waals surface area (Å²) in [6.07, 6.45) is -3.31. The summed E-state index contributed by atoms with van der Waals surface area (Å²) in [5.41, 5.74) is -0.0571. The van der Waals surface area contributed by atoms with Crippen LogP contribution in [0.3, 0.4) is 0 Å². The van der Waals surface area contributed by atoms with E-state index in [-0.39, 0.29) is 35.7 Å². The summed E-state index contributed by atoms with van der Waals surface area (Å²) in [4.78, 5) is 43.0. The van der Waals surface area contributed by atoms with Gasteiger partial charge in [-0.15, -0.1) is 0 Å². The molecule has 238 valence electrons. The van der Waals surface area contributed by atoms with Crippen molar-refractivity contribution in [3.8, 4) is 6.07 Å². The van der Waals surface area contributed by atoms with E-state index in [0.29, 0.717) is 16.7 Å². The predicted molar refractivity (Wildman–Crippen MR) is 164 cm³/mol. The van der Waals surface area contributed by atoms with E-state index < -0.39 is 41.4 Å². The molecular weight excluding hydrogens is 599 g/mol. The van der Waals surface area contributed by atoms with Gasteiger partial charge in [0.2, 0.25) is 0 Å². The van der Waals surface area contributed by atoms with Crippen molar-refractivity contribution in [1.82, 2.24) is 4.90 Å². The van der Waals surface area contributed by atoms with E-state index in [2.05, 4.69) is 6.58 Å². The van der Waals surface area contributed by atoms with Gasteiger partial charge in [-0.25, -0.2) is 14.4 Å². The van der Waals surface area contributed by atoms with E-state index in [1.54, 1.807) is 57.2 Å². The minimum atomic E-state index is -4.68. The van der Waals surface area contributed by atoms with Gasteiger partial charge in [0.1, 0.15) is 12.2 Å². The SMILES string of the molecule is C=CCOC(=O)C1=C(C)N(c2cccc(C(F)(F)F)c2)C(=O)N(Cc2ccc(C(=O)OC(C)(C)C)cc2)C1c1ccc(C#N)cc1. The summed E-state index contributed by atoms with van der Waals surface area (Å²) in [7, 11) is 0. The van der Waals surface area contributed by atoms with E-state index in [1.807, 2.05) is 6.07 Å². The number of esters is 2. The van der Waals surface area contributed by atoms with Gasteiger partial charge in [0, 0.05) is 12.2 Å². The molecule has 3 aromatic carbocycles. The molecular formula is C35H32F3N3O5. The summed E-state index contributed by atoms with van der Waals surface area (Å²) in [5.74, 6) is -1.34. The third kappa shape index (κ3) is 7.46. The lowest BCUT2D eigenvalue weighted by Gasteiger charge is -2.43. The maximum atomic E-state index is 14.4. The highest BCUT2D eigenvalue weighted by atomic mass is 19.4. The van der Waals surface area contributed by atoms with Crippen LogP contribution in [0.4, 0.5) is 23.7 Å². The summed E-state index contributed by atoms with van der Waals surface area (Å²) in [6.45, 7) is 10.0. The molecule has 0 N–H and O–H groups in total. The fraction of sp³-hybridized carbons (Fsp3) is 0.257. The molecule has 1 heterocycles. The minimum absolute atomic E-state index is 0.00828. The number of carbonyl (C=O) groups excluding carboxylic acids is 3. The maximum Gasteiger partial charge on any atom is 0.416 e. The fourth-order valence-electron chi connectivity index (χ4n) is 4.98. The molecule has 1 unspecified atom stereocenters. The lowest BCUT2D eigenvalue weighted by molar-refractivity contribution is -0.139. The van der Waals surface area contributed by atoms with Gasteiger partial charge in [0.25, 0.3) is 0 Å². The number of halogens is 3. The molecule has 1 aliphatic heterocycles. The molecule has 0 spiro atoms. The first-order valence-corrected chi connectivity index (χ1v) is 14.2. The number of urea groups is 1. The van der Waals surface area contributed by atoms with Crippen molar-refractivity contribution in [3.63, 3.8) is 0 Å². The first-order valence-electron chi connectivity index (χ1n) is 14.2. The van der Waals surface area contributed by atoms with Crippen molar-refractivity contribution in [2.24, 2.45) is 0 Å². The Balaban J connectivity index is 1.88. The van der Waals surface area contributed by atoms with E-state index >= 15 is 0 Å². The van der Waals surface area contributed by atoms with Crippen LogP contribution in [0, 0.1) is 11.3 Å². The Morgan fingerprint density at radius 2 is 1.65 bits per heavy atom. The number of rotatable bonds is 8. The highest BCUT2D eigenvalue weighted by Crippen LogP contribution is 2.42. The molecule has 0 saturated heterocycles. The Bertz CT molecular complexity index is 1720. The first kappa shape index (κ1) is 33.5. The number of carbonyl (C=O) groups is 3. The number of amides is 2. The number of ether oxygens (including phenoxy) is 2. The molecule has 0 fully saturated rings. The Morgan fingerprint density at radius 1 is 1.00 bits per heavy atom. The van der Waals surface area contributed by atoms with Crippen LogP contribution in [-0.4, -0.2) is 35.1 Å². The first-order chi connectivity index (χ1) is 21.6. The smallest absolute Gasteiger partial charge is 0.416 e. The molecule has 46 heavy (non-hydrogen) atoms. The third-order valence-electron chi connectivity index (χ3n) is 7.03. The molecule has 2 amide bonds. The molecule has 3 aromatic rings. The second kappa shape index (κ2) is 13.3. The third-order valence-corrected chi connectivity index (χ3v) is 7.03. The van der Waals surface area contributed by atoms with Gasteiger partial charge >= 0.3 is 24.1 Å². The number of nitriles is 1. The van der Waals surface area contributed by atoms with Crippen molar-refractivity contribution in [3.05, 3.63) is 125 Å². The standard InChI is InChI=1S/C35H32F3N3O5/c1-6-18-45-32(43)29-22(2)41(28-9-7-8-27(19-28)35(36,37)38)33(44)40(30(29)25-14-10-23(20-39)11-15-25)21-24-12-16-26(17-13-24)31(42)46-34(3,4)5/h6-17,19,30H,1,18,21H2,2-5H3. The number of anilines is 1. The molecule has 0 saturated carbocycles. The maximum absolute atomic E-state index is 14.4. The van der Waals surface area contributed by atoms with Gasteiger partial charge in [0.05, 0.1) is 40.1 Å². The second-order valence-electron chi connectivity index (χ2n) is 11.5. The predicted octanol–water partition coefficient (Wildman–Crippen LogP) is 7.72. The fourth-order valence-corrected chi connectivity index (χ4v) is 4.98. The van der Waals surface area contributed by atoms with Crippen molar-refractivity contribution in [2.75, 3.05) is 11.5 Å². The Labute approximate surface area is 264 Å². The van der Waals surface area contributed by atoms with E-state index in [4.69, 9.17) is 9.47 Å². The van der Waals surface area contributed by atoms with Crippen molar-refractivity contribution in [1.29, 1.82) is 5.26 Å². The molecule has 1 atom stereocenters. The number of hydrogen-bond donors (Lipinski definition) is 0. The van der Waals surface area contributed by atoms with E-state index in [9.17, 15) is 32.8 Å². The van der Waals surface area contributed by atoms with E-state index in [1.165, 1.54) is 42.2 Å². The van der Waals surface area contributed by atoms with Crippen LogP contribution in [0.5, 0.6) is 0 Å². The molecule has 8 nitrogen and oxygen atoms in total. The largest absolute Gasteiger partial charge is 0.458 e. The zero-order chi connectivity index (χ0) is 33.8. The summed E-state index contributed by atoms with van der Waals surface area (Å²) >= 11 is 0. The lowest BCUT2D eigenvalue weighted by Crippen LogP contribution is -2.50. The van der Waals surface area contributed by atoms with Gasteiger partial charge < -0.3 is 14.4 Å². The molecule has 1 aliphatic rings. The zero-order valence-corrected chi connectivity index (χ0v) is 25.7. The van der Waals surface area contributed by atoms with Crippen molar-refractivity contribution < 1.29 is 37.0 Å². The molecule has 0 aliphatic carbocycles. The number of allylic oxidation sites excluding steroid dienone is 1. The van der Waals surface area contributed by atoms with Crippen LogP contribution in [0.25, 0.3) is 0 Å². The average molecular weight is 632 g/mol. The minimum Gasteiger partial charge on any atom is -0.458 e. The van der Waals surface area contributed by atoms with Gasteiger partial charge in [0.15, 0.2) is 0 Å². The molecule has 0 aromatic heterocycles. The van der Waals surface area contributed by atoms with Gasteiger partial charge in [-0.05, 0) is 81.3 Å². The summed E-state index contributed by atoms with van der Waals surface area (Å²) in [6, 6.07) is 17.1. The van der Waals surface area contributed by atoms with Crippen LogP contribution in [0.2, 0.25) is 0 Å². The summed E-state index contributed by atoms with van der Waals surface area (Å²) < 4.78 is 51.9. The number of nitrogens with zero attached hydrogens (tertiary/aromatic N) is 3. The zero-order valence-electron chi connectivity index (χ0n) is 25.7. The van der Waals surface area contributed by atoms with Crippen LogP contribution in [0.1, 0.15) is 66.3 Å². The van der Waals surface area contributed by atoms with Gasteiger partial charge in [-0.2, -0.15) is 18.4 Å². The quantitative estimate of drug-likeness (QED) is 0.186. The molecule has 11 heteroatoms. The lowest BCUT2D eigenvalue weighted by atomic mass is 9.91. The average Bonchev–Trinajstić information content (AvgIpc) is 3.00. The van der Waals surface area contributed by atoms with Gasteiger partial charge in [-0.3, -0.25) is 4.90 Å². The van der Waals surface area contributed by atoms with Crippen LogP contribution >= 0.6 is 0 Å². The number of hydrogen-bond acceptors (Lipinski definition) is 6. The van der Waals surface area contributed by atoms with Crippen LogP contribution in [0.15, 0.2) is 96.7 Å². The highest BCUT2D eigenvalue weighted by molar-refractivity contribution is 6.03. The second-order valence-corrected chi connectivity index (χ2v) is 11.5. The van der Waals surface area contributed by atoms with Crippen LogP contribution < -0.4 is 4.90 Å². The monoisotopic (exact) mass is 631 g/mol. The topological polar surface area (TPSA) is 99.9 Å². The normalized spacial score (nSPS) is 15.3. The Morgan fingerprint density at radius 3 is 2.22 bits per heavy atom. The van der Waals surface area contributed by atoms with Crippen molar-refractivity contribution >= 4 is 23.7 Å². The number of benzene rings is 3. The number of alkyl halides is 3.